The van der Waals surface area contributed by atoms with Gasteiger partial charge in [0.25, 0.3) is 0 Å². The minimum absolute atomic E-state index is 0.129. The van der Waals surface area contributed by atoms with E-state index in [9.17, 15) is 14.7 Å². The van der Waals surface area contributed by atoms with E-state index in [1.807, 2.05) is 0 Å². The topological polar surface area (TPSA) is 82.1 Å². The van der Waals surface area contributed by atoms with Crippen LogP contribution in [-0.4, -0.2) is 36.9 Å². The van der Waals surface area contributed by atoms with Crippen molar-refractivity contribution in [3.05, 3.63) is 54.3 Å². The molecule has 0 radical (unpaired) electrons. The van der Waals surface area contributed by atoms with Gasteiger partial charge in [-0.1, -0.05) is 44.6 Å². The third-order valence-electron chi connectivity index (χ3n) is 5.40. The van der Waals surface area contributed by atoms with Crippen LogP contribution >= 0.6 is 0 Å². The zero-order chi connectivity index (χ0) is 22.9. The summed E-state index contributed by atoms with van der Waals surface area (Å²) in [5, 5.41) is 10.8. The lowest BCUT2D eigenvalue weighted by atomic mass is 9.89. The normalized spacial score (nSPS) is 22.5. The fourth-order valence-corrected chi connectivity index (χ4v) is 3.67. The molecule has 0 amide bonds. The van der Waals surface area contributed by atoms with Crippen molar-refractivity contribution < 1.29 is 28.9 Å². The molecule has 0 spiro atoms. The first-order chi connectivity index (χ1) is 14.9. The molecule has 0 bridgehead atoms. The Morgan fingerprint density at radius 3 is 2.65 bits per heavy atom. The third-order valence-corrected chi connectivity index (χ3v) is 5.40. The summed E-state index contributed by atoms with van der Waals surface area (Å²) in [6.45, 7) is 4.19. The maximum Gasteiger partial charge on any atom is 0.379 e. The lowest BCUT2D eigenvalue weighted by Crippen LogP contribution is -2.45. The highest BCUT2D eigenvalue weighted by atomic mass is 16.7. The van der Waals surface area contributed by atoms with Gasteiger partial charge >= 0.3 is 11.8 Å². The maximum absolute atomic E-state index is 12.4. The Bertz CT molecular complexity index is 851. The van der Waals surface area contributed by atoms with E-state index in [1.165, 1.54) is 20.3 Å². The van der Waals surface area contributed by atoms with Crippen LogP contribution in [0.25, 0.3) is 0 Å². The first kappa shape index (κ1) is 24.4. The molecular weight excluding hydrogens is 396 g/mol. The Balaban J connectivity index is 2.19. The molecule has 1 aliphatic carbocycles. The van der Waals surface area contributed by atoms with Gasteiger partial charge in [-0.05, 0) is 42.5 Å². The number of ether oxygens (including phenoxy) is 3. The average Bonchev–Trinajstić information content (AvgIpc) is 3.03. The van der Waals surface area contributed by atoms with Crippen LogP contribution in [0.1, 0.15) is 39.5 Å². The van der Waals surface area contributed by atoms with Gasteiger partial charge in [-0.3, -0.25) is 4.79 Å². The standard InChI is InChI=1S/C25H32O6/c1-5-6-7-12-19-18(2)17-21(26)20(19)13-10-11-16-25(28,24(27)30-4)31-23-15-9-8-14-22(23)29-3/h7-9,11-15,18-20,28H,5-6,16-17H2,1-4H3/b12-7+/t10?,18-,19+,20-,25?/m1/s1/i28+0. The van der Waals surface area contributed by atoms with Gasteiger partial charge in [-0.25, -0.2) is 4.79 Å². The molecule has 6 nitrogen and oxygen atoms in total. The molecule has 168 valence electrons. The third kappa shape index (κ3) is 6.33. The van der Waals surface area contributed by atoms with Crippen LogP contribution in [0.15, 0.2) is 54.3 Å². The molecule has 0 heterocycles. The SMILES string of the molecule is CCC/C=C/[C@H]1[C@H](C)CC(=O)[C@@H]1C=C=CCC([16OH])(Oc1ccccc1OC)C(=O)OC. The van der Waals surface area contributed by atoms with Crippen molar-refractivity contribution in [3.8, 4) is 11.5 Å². The molecular formula is C25H32O6. The van der Waals surface area contributed by atoms with Gasteiger partial charge in [0.05, 0.1) is 20.6 Å². The first-order valence-electron chi connectivity index (χ1n) is 10.6. The lowest BCUT2D eigenvalue weighted by Gasteiger charge is -2.25. The molecule has 0 saturated heterocycles. The molecule has 0 aliphatic heterocycles. The number of esters is 1. The molecule has 2 rings (SSSR count). The maximum atomic E-state index is 12.4. The molecule has 1 aliphatic rings. The Kier molecular flexibility index (Phi) is 9.10. The van der Waals surface area contributed by atoms with Gasteiger partial charge < -0.3 is 19.3 Å². The second-order valence-corrected chi connectivity index (χ2v) is 7.74. The lowest BCUT2D eigenvalue weighted by molar-refractivity contribution is -0.196. The molecule has 6 heteroatoms. The van der Waals surface area contributed by atoms with Crippen LogP contribution in [-0.2, 0) is 14.3 Å². The van der Waals surface area contributed by atoms with E-state index < -0.39 is 11.8 Å². The molecule has 31 heavy (non-hydrogen) atoms. The fourth-order valence-electron chi connectivity index (χ4n) is 3.67. The van der Waals surface area contributed by atoms with Gasteiger partial charge in [0.1, 0.15) is 5.78 Å². The van der Waals surface area contributed by atoms with Crippen molar-refractivity contribution in [2.75, 3.05) is 14.2 Å². The van der Waals surface area contributed by atoms with E-state index >= 15 is 0 Å². The Morgan fingerprint density at radius 1 is 1.29 bits per heavy atom. The van der Waals surface area contributed by atoms with E-state index in [4.69, 9.17) is 14.2 Å². The van der Waals surface area contributed by atoms with Crippen LogP contribution < -0.4 is 9.47 Å². The quantitative estimate of drug-likeness (QED) is 0.260. The molecule has 1 fully saturated rings. The predicted octanol–water partition coefficient (Wildman–Crippen LogP) is 4.23. The van der Waals surface area contributed by atoms with E-state index in [1.54, 1.807) is 30.3 Å². The van der Waals surface area contributed by atoms with Crippen LogP contribution in [0.4, 0.5) is 0 Å². The largest absolute Gasteiger partial charge is 0.493 e. The fraction of sp³-hybridized carbons (Fsp3) is 0.480. The zero-order valence-electron chi connectivity index (χ0n) is 18.7. The monoisotopic (exact) mass is 428 g/mol. The summed E-state index contributed by atoms with van der Waals surface area (Å²) in [7, 11) is 2.64. The highest BCUT2D eigenvalue weighted by Gasteiger charge is 2.40. The van der Waals surface area contributed by atoms with E-state index in [-0.39, 0.29) is 35.7 Å². The number of hydrogen-bond acceptors (Lipinski definition) is 6. The smallest absolute Gasteiger partial charge is 0.379 e. The Morgan fingerprint density at radius 2 is 2.00 bits per heavy atom. The number of aliphatic hydroxyl groups is 1. The zero-order valence-corrected chi connectivity index (χ0v) is 18.7. The van der Waals surface area contributed by atoms with Crippen LogP contribution in [0.5, 0.6) is 11.5 Å². The van der Waals surface area contributed by atoms with Crippen molar-refractivity contribution in [2.45, 2.75) is 45.3 Å². The van der Waals surface area contributed by atoms with Gasteiger partial charge in [-0.15, -0.1) is 5.73 Å². The summed E-state index contributed by atoms with van der Waals surface area (Å²) in [5.74, 6) is -2.31. The first-order valence-corrected chi connectivity index (χ1v) is 10.6. The predicted molar refractivity (Wildman–Crippen MR) is 118 cm³/mol. The summed E-state index contributed by atoms with van der Waals surface area (Å²) in [6, 6.07) is 6.68. The number of unbranched alkanes of at least 4 members (excludes halogenated alkanes) is 1. The second-order valence-electron chi connectivity index (χ2n) is 7.74. The van der Waals surface area contributed by atoms with Gasteiger partial charge in [-0.2, -0.15) is 0 Å². The Labute approximate surface area is 184 Å². The van der Waals surface area contributed by atoms with Crippen molar-refractivity contribution in [1.29, 1.82) is 0 Å². The number of carbonyl (C=O) groups is 2. The average molecular weight is 429 g/mol. The van der Waals surface area contributed by atoms with Gasteiger partial charge in [0.2, 0.25) is 0 Å². The summed E-state index contributed by atoms with van der Waals surface area (Å²) in [6.07, 6.45) is 9.82. The van der Waals surface area contributed by atoms with E-state index in [0.717, 1.165) is 12.8 Å². The number of ketones is 1. The molecule has 1 aromatic rings. The molecule has 0 aromatic heterocycles. The highest BCUT2D eigenvalue weighted by molar-refractivity contribution is 5.85. The van der Waals surface area contributed by atoms with E-state index in [2.05, 4.69) is 31.7 Å². The summed E-state index contributed by atoms with van der Waals surface area (Å²) < 4.78 is 15.5. The minimum Gasteiger partial charge on any atom is -0.493 e. The second kappa shape index (κ2) is 11.5. The number of allylic oxidation sites excluding steroid dienone is 2. The van der Waals surface area contributed by atoms with Crippen molar-refractivity contribution in [3.63, 3.8) is 0 Å². The van der Waals surface area contributed by atoms with Crippen molar-refractivity contribution >= 4 is 11.8 Å². The van der Waals surface area contributed by atoms with Crippen molar-refractivity contribution in [1.82, 2.24) is 0 Å². The van der Waals surface area contributed by atoms with Crippen LogP contribution in [0.3, 0.4) is 0 Å². The summed E-state index contributed by atoms with van der Waals surface area (Å²) >= 11 is 0. The van der Waals surface area contributed by atoms with Crippen LogP contribution in [0, 0.1) is 17.8 Å². The number of Topliss-reactive ketones (excluding diaryl/α,β-unsaturated/α-hetero) is 1. The van der Waals surface area contributed by atoms with Gasteiger partial charge in [0.15, 0.2) is 11.5 Å². The van der Waals surface area contributed by atoms with Gasteiger partial charge in [0, 0.05) is 12.3 Å². The Hall–Kier alpha value is -2.82. The number of para-hydroxylation sites is 2. The number of carbonyl (C=O) groups excluding carboxylic acids is 2. The number of rotatable bonds is 10. The molecule has 4 atom stereocenters. The van der Waals surface area contributed by atoms with E-state index in [0.29, 0.717) is 12.2 Å². The highest BCUT2D eigenvalue weighted by Crippen LogP contribution is 2.36. The number of methoxy groups -OCH3 is 2. The van der Waals surface area contributed by atoms with Crippen LogP contribution in [0.2, 0.25) is 0 Å². The molecule has 1 unspecified atom stereocenters. The summed E-state index contributed by atoms with van der Waals surface area (Å²) in [4.78, 5) is 24.6. The molecule has 1 N–H and O–H groups in total. The number of benzene rings is 1. The number of hydrogen-bond donors (Lipinski definition) is 1. The molecule has 1 aromatic carbocycles. The van der Waals surface area contributed by atoms with Crippen molar-refractivity contribution in [2.24, 2.45) is 17.8 Å². The molecule has 1 saturated carbocycles. The minimum atomic E-state index is -2.25. The summed E-state index contributed by atoms with van der Waals surface area (Å²) in [5.41, 5.74) is 2.96.